The molecule has 4 heteroatoms. The highest BCUT2D eigenvalue weighted by atomic mass is 16.2. The Kier molecular flexibility index (Phi) is 2.66. The summed E-state index contributed by atoms with van der Waals surface area (Å²) in [6.07, 6.45) is 0. The Morgan fingerprint density at radius 2 is 1.50 bits per heavy atom. The zero-order chi connectivity index (χ0) is 14.5. The molecule has 0 atom stereocenters. The Hall–Kier alpha value is -2.20. The normalized spacial score (nSPS) is 15.1. The van der Waals surface area contributed by atoms with Gasteiger partial charge in [0.1, 0.15) is 0 Å². The summed E-state index contributed by atoms with van der Waals surface area (Å²) in [5, 5.41) is 1.66. The van der Waals surface area contributed by atoms with Crippen LogP contribution in [0.1, 0.15) is 34.6 Å². The first-order valence-electron chi connectivity index (χ1n) is 6.55. The Morgan fingerprint density at radius 3 is 1.95 bits per heavy atom. The van der Waals surface area contributed by atoms with Crippen LogP contribution < -0.4 is 5.73 Å². The van der Waals surface area contributed by atoms with Gasteiger partial charge in [-0.25, -0.2) is 0 Å². The lowest BCUT2D eigenvalue weighted by atomic mass is 9.93. The molecule has 20 heavy (non-hydrogen) atoms. The average molecular weight is 268 g/mol. The van der Waals surface area contributed by atoms with Gasteiger partial charge in [-0.2, -0.15) is 0 Å². The van der Waals surface area contributed by atoms with Crippen molar-refractivity contribution in [2.45, 2.75) is 19.4 Å². The Morgan fingerprint density at radius 1 is 1.00 bits per heavy atom. The second kappa shape index (κ2) is 4.15. The smallest absolute Gasteiger partial charge is 0.261 e. The molecule has 0 unspecified atom stereocenters. The molecular formula is C16H16N2O2. The van der Waals surface area contributed by atoms with Crippen LogP contribution in [-0.4, -0.2) is 28.8 Å². The number of hydrogen-bond acceptors (Lipinski definition) is 3. The predicted molar refractivity (Wildman–Crippen MR) is 77.6 cm³/mol. The number of benzene rings is 2. The minimum Gasteiger partial charge on any atom is -0.324 e. The van der Waals surface area contributed by atoms with Crippen molar-refractivity contribution < 1.29 is 9.59 Å². The van der Waals surface area contributed by atoms with Crippen LogP contribution in [0.25, 0.3) is 10.8 Å². The minimum atomic E-state index is -0.620. The fourth-order valence-electron chi connectivity index (χ4n) is 2.63. The second-order valence-electron chi connectivity index (χ2n) is 5.89. The number of nitrogens with two attached hydrogens (primary N) is 1. The average Bonchev–Trinajstić information content (AvgIpc) is 2.39. The van der Waals surface area contributed by atoms with Crippen LogP contribution in [0, 0.1) is 0 Å². The van der Waals surface area contributed by atoms with Gasteiger partial charge in [-0.15, -0.1) is 0 Å². The van der Waals surface area contributed by atoms with E-state index in [-0.39, 0.29) is 18.4 Å². The summed E-state index contributed by atoms with van der Waals surface area (Å²) in [5.74, 6) is -0.532. The molecule has 2 aromatic carbocycles. The van der Waals surface area contributed by atoms with Crippen LogP contribution in [0.2, 0.25) is 0 Å². The molecule has 1 aliphatic rings. The first kappa shape index (κ1) is 12.8. The SMILES string of the molecule is CC(C)(N)CN1C(=O)c2cccc3cccc(c23)C1=O. The molecule has 0 bridgehead atoms. The molecular weight excluding hydrogens is 252 g/mol. The Bertz CT molecular complexity index is 678. The van der Waals surface area contributed by atoms with E-state index in [0.29, 0.717) is 11.1 Å². The molecule has 0 saturated carbocycles. The van der Waals surface area contributed by atoms with Crippen LogP contribution in [0.5, 0.6) is 0 Å². The fourth-order valence-corrected chi connectivity index (χ4v) is 2.63. The first-order valence-corrected chi connectivity index (χ1v) is 6.55. The third-order valence-corrected chi connectivity index (χ3v) is 3.42. The van der Waals surface area contributed by atoms with E-state index in [1.54, 1.807) is 26.0 Å². The van der Waals surface area contributed by atoms with Gasteiger partial charge in [-0.05, 0) is 31.4 Å². The monoisotopic (exact) mass is 268 g/mol. The van der Waals surface area contributed by atoms with Gasteiger partial charge in [0, 0.05) is 28.6 Å². The lowest BCUT2D eigenvalue weighted by molar-refractivity contribution is 0.0581. The summed E-state index contributed by atoms with van der Waals surface area (Å²) in [6, 6.07) is 11.0. The minimum absolute atomic E-state index is 0.204. The largest absolute Gasteiger partial charge is 0.324 e. The molecule has 0 aliphatic carbocycles. The van der Waals surface area contributed by atoms with Gasteiger partial charge in [0.2, 0.25) is 0 Å². The Balaban J connectivity index is 2.21. The van der Waals surface area contributed by atoms with E-state index in [9.17, 15) is 9.59 Å². The van der Waals surface area contributed by atoms with Crippen LogP contribution in [-0.2, 0) is 0 Å². The molecule has 0 fully saturated rings. The number of hydrogen-bond donors (Lipinski definition) is 1. The number of amides is 2. The summed E-state index contributed by atoms with van der Waals surface area (Å²) in [5.41, 5.74) is 6.48. The van der Waals surface area contributed by atoms with Gasteiger partial charge >= 0.3 is 0 Å². The molecule has 2 amide bonds. The van der Waals surface area contributed by atoms with Crippen molar-refractivity contribution in [1.29, 1.82) is 0 Å². The molecule has 102 valence electrons. The third kappa shape index (κ3) is 1.89. The lowest BCUT2D eigenvalue weighted by Gasteiger charge is -2.32. The van der Waals surface area contributed by atoms with Gasteiger partial charge in [0.05, 0.1) is 0 Å². The van der Waals surface area contributed by atoms with Crippen LogP contribution in [0.4, 0.5) is 0 Å². The quantitative estimate of drug-likeness (QED) is 0.849. The second-order valence-corrected chi connectivity index (χ2v) is 5.89. The molecule has 2 aromatic rings. The topological polar surface area (TPSA) is 63.4 Å². The van der Waals surface area contributed by atoms with Crippen molar-refractivity contribution in [1.82, 2.24) is 4.90 Å². The molecule has 1 heterocycles. The van der Waals surface area contributed by atoms with Crippen LogP contribution in [0.3, 0.4) is 0 Å². The molecule has 0 radical (unpaired) electrons. The zero-order valence-corrected chi connectivity index (χ0v) is 11.5. The maximum Gasteiger partial charge on any atom is 0.261 e. The third-order valence-electron chi connectivity index (χ3n) is 3.42. The molecule has 0 spiro atoms. The standard InChI is InChI=1S/C16H16N2O2/c1-16(2,17)9-18-14(19)11-7-3-5-10-6-4-8-12(13(10)11)15(18)20/h3-8H,9,17H2,1-2H3. The van der Waals surface area contributed by atoms with E-state index in [2.05, 4.69) is 0 Å². The highest BCUT2D eigenvalue weighted by molar-refractivity contribution is 6.25. The van der Waals surface area contributed by atoms with Crippen molar-refractivity contribution in [2.24, 2.45) is 5.73 Å². The van der Waals surface area contributed by atoms with E-state index in [4.69, 9.17) is 5.73 Å². The maximum absolute atomic E-state index is 12.5. The highest BCUT2D eigenvalue weighted by Crippen LogP contribution is 2.30. The maximum atomic E-state index is 12.5. The number of carbonyl (C=O) groups excluding carboxylic acids is 2. The molecule has 0 saturated heterocycles. The zero-order valence-electron chi connectivity index (χ0n) is 11.5. The molecule has 4 nitrogen and oxygen atoms in total. The number of carbonyl (C=O) groups is 2. The van der Waals surface area contributed by atoms with E-state index in [1.165, 1.54) is 4.90 Å². The van der Waals surface area contributed by atoms with Crippen LogP contribution in [0.15, 0.2) is 36.4 Å². The molecule has 1 aliphatic heterocycles. The molecule has 0 aromatic heterocycles. The summed E-state index contributed by atoms with van der Waals surface area (Å²) >= 11 is 0. The van der Waals surface area contributed by atoms with E-state index in [0.717, 1.165) is 10.8 Å². The van der Waals surface area contributed by atoms with Crippen LogP contribution >= 0.6 is 0 Å². The number of rotatable bonds is 2. The van der Waals surface area contributed by atoms with Crippen molar-refractivity contribution >= 4 is 22.6 Å². The fraction of sp³-hybridized carbons (Fsp3) is 0.250. The van der Waals surface area contributed by atoms with E-state index < -0.39 is 5.54 Å². The van der Waals surface area contributed by atoms with Crippen molar-refractivity contribution in [3.05, 3.63) is 47.5 Å². The number of imide groups is 1. The predicted octanol–water partition coefficient (Wildman–Crippen LogP) is 2.17. The summed E-state index contributed by atoms with van der Waals surface area (Å²) in [4.78, 5) is 26.3. The highest BCUT2D eigenvalue weighted by Gasteiger charge is 2.34. The van der Waals surface area contributed by atoms with E-state index >= 15 is 0 Å². The van der Waals surface area contributed by atoms with E-state index in [1.807, 2.05) is 24.3 Å². The Labute approximate surface area is 117 Å². The van der Waals surface area contributed by atoms with Crippen molar-refractivity contribution in [3.63, 3.8) is 0 Å². The van der Waals surface area contributed by atoms with Gasteiger partial charge < -0.3 is 5.73 Å². The lowest BCUT2D eigenvalue weighted by Crippen LogP contribution is -2.51. The molecule has 2 N–H and O–H groups in total. The van der Waals surface area contributed by atoms with Gasteiger partial charge in [-0.3, -0.25) is 14.5 Å². The van der Waals surface area contributed by atoms with Gasteiger partial charge in [0.25, 0.3) is 11.8 Å². The summed E-state index contributed by atoms with van der Waals surface area (Å²) < 4.78 is 0. The summed E-state index contributed by atoms with van der Waals surface area (Å²) in [6.45, 7) is 3.80. The number of nitrogens with zero attached hydrogens (tertiary/aromatic N) is 1. The van der Waals surface area contributed by atoms with Crippen molar-refractivity contribution in [2.75, 3.05) is 6.54 Å². The van der Waals surface area contributed by atoms with Gasteiger partial charge in [0.15, 0.2) is 0 Å². The van der Waals surface area contributed by atoms with Gasteiger partial charge in [-0.1, -0.05) is 24.3 Å². The molecule has 3 rings (SSSR count). The summed E-state index contributed by atoms with van der Waals surface area (Å²) in [7, 11) is 0. The van der Waals surface area contributed by atoms with Crippen molar-refractivity contribution in [3.8, 4) is 0 Å². The first-order chi connectivity index (χ1) is 9.38.